The molecule has 134 valence electrons. The first kappa shape index (κ1) is 19.2. The van der Waals surface area contributed by atoms with Gasteiger partial charge in [-0.25, -0.2) is 0 Å². The molecule has 1 N–H and O–H groups in total. The summed E-state index contributed by atoms with van der Waals surface area (Å²) < 4.78 is 0. The maximum Gasteiger partial charge on any atom is 0.222 e. The number of likely N-dealkylation sites (tertiary alicyclic amines) is 1. The summed E-state index contributed by atoms with van der Waals surface area (Å²) in [5.74, 6) is 0.321. The average Bonchev–Trinajstić information content (AvgIpc) is 3.11. The fourth-order valence-corrected chi connectivity index (χ4v) is 3.66. The van der Waals surface area contributed by atoms with E-state index in [1.807, 2.05) is 0 Å². The molecule has 0 bridgehead atoms. The van der Waals surface area contributed by atoms with Crippen LogP contribution in [0.25, 0.3) is 0 Å². The van der Waals surface area contributed by atoms with Gasteiger partial charge in [-0.05, 0) is 30.4 Å². The smallest absolute Gasteiger partial charge is 0.222 e. The van der Waals surface area contributed by atoms with Gasteiger partial charge in [0.25, 0.3) is 0 Å². The van der Waals surface area contributed by atoms with Crippen molar-refractivity contribution in [2.24, 2.45) is 0 Å². The number of piperazine rings is 1. The molecule has 1 atom stereocenters. The summed E-state index contributed by atoms with van der Waals surface area (Å²) in [6.45, 7) is 8.43. The highest BCUT2D eigenvalue weighted by atomic mass is 35.5. The van der Waals surface area contributed by atoms with Crippen LogP contribution in [0.2, 0.25) is 0 Å². The van der Waals surface area contributed by atoms with Crippen molar-refractivity contribution in [3.8, 4) is 0 Å². The van der Waals surface area contributed by atoms with Crippen molar-refractivity contribution >= 4 is 18.3 Å². The molecule has 2 aliphatic heterocycles. The van der Waals surface area contributed by atoms with Gasteiger partial charge in [-0.3, -0.25) is 9.69 Å². The molecule has 2 saturated heterocycles. The van der Waals surface area contributed by atoms with Gasteiger partial charge >= 0.3 is 0 Å². The molecular weight excluding hydrogens is 322 g/mol. The minimum atomic E-state index is 0. The molecule has 2 fully saturated rings. The van der Waals surface area contributed by atoms with E-state index in [0.717, 1.165) is 58.5 Å². The Morgan fingerprint density at radius 2 is 1.79 bits per heavy atom. The van der Waals surface area contributed by atoms with Crippen molar-refractivity contribution in [1.82, 2.24) is 15.1 Å². The summed E-state index contributed by atoms with van der Waals surface area (Å²) in [5, 5.41) is 3.40. The molecule has 1 amide bonds. The maximum absolute atomic E-state index is 12.5. The number of hydrogen-bond donors (Lipinski definition) is 1. The standard InChI is InChI=1S/C19H29N3O.ClH/c1-2-16-3-5-17(6-4-16)7-8-19(23)22-12-9-18(15-22)21-13-10-20-11-14-21;/h3-6,18,20H,2,7-15H2,1H3;1H. The van der Waals surface area contributed by atoms with Gasteiger partial charge in [0.2, 0.25) is 5.91 Å². The quantitative estimate of drug-likeness (QED) is 0.882. The van der Waals surface area contributed by atoms with Crippen molar-refractivity contribution in [3.63, 3.8) is 0 Å². The van der Waals surface area contributed by atoms with E-state index in [1.165, 1.54) is 11.1 Å². The van der Waals surface area contributed by atoms with Crippen LogP contribution in [-0.2, 0) is 17.6 Å². The summed E-state index contributed by atoms with van der Waals surface area (Å²) >= 11 is 0. The van der Waals surface area contributed by atoms with E-state index in [0.29, 0.717) is 18.4 Å². The molecule has 4 nitrogen and oxygen atoms in total. The molecule has 0 spiro atoms. The summed E-state index contributed by atoms with van der Waals surface area (Å²) in [4.78, 5) is 17.1. The van der Waals surface area contributed by atoms with Gasteiger partial charge < -0.3 is 10.2 Å². The van der Waals surface area contributed by atoms with E-state index < -0.39 is 0 Å². The molecule has 0 saturated carbocycles. The third-order valence-electron chi connectivity index (χ3n) is 5.24. The molecule has 0 aliphatic carbocycles. The Hall–Kier alpha value is -1.10. The second-order valence-electron chi connectivity index (χ2n) is 6.74. The van der Waals surface area contributed by atoms with E-state index in [9.17, 15) is 4.79 Å². The topological polar surface area (TPSA) is 35.6 Å². The zero-order valence-electron chi connectivity index (χ0n) is 14.7. The van der Waals surface area contributed by atoms with Gasteiger partial charge in [0.05, 0.1) is 0 Å². The molecule has 1 unspecified atom stereocenters. The van der Waals surface area contributed by atoms with Gasteiger partial charge in [-0.2, -0.15) is 0 Å². The number of benzene rings is 1. The van der Waals surface area contributed by atoms with Crippen LogP contribution in [0.5, 0.6) is 0 Å². The molecule has 1 aromatic carbocycles. The number of hydrogen-bond acceptors (Lipinski definition) is 3. The number of carbonyl (C=O) groups excluding carboxylic acids is 1. The Labute approximate surface area is 152 Å². The van der Waals surface area contributed by atoms with Gasteiger partial charge in [0.15, 0.2) is 0 Å². The van der Waals surface area contributed by atoms with Crippen molar-refractivity contribution in [1.29, 1.82) is 0 Å². The second kappa shape index (κ2) is 9.40. The highest BCUT2D eigenvalue weighted by Gasteiger charge is 2.30. The summed E-state index contributed by atoms with van der Waals surface area (Å²) in [7, 11) is 0. The van der Waals surface area contributed by atoms with Crippen LogP contribution >= 0.6 is 12.4 Å². The lowest BCUT2D eigenvalue weighted by molar-refractivity contribution is -0.130. The Morgan fingerprint density at radius 3 is 2.46 bits per heavy atom. The normalized spacial score (nSPS) is 21.5. The Kier molecular flexibility index (Phi) is 7.53. The van der Waals surface area contributed by atoms with Crippen LogP contribution in [0.1, 0.15) is 30.9 Å². The number of amides is 1. The van der Waals surface area contributed by atoms with Crippen molar-refractivity contribution in [3.05, 3.63) is 35.4 Å². The van der Waals surface area contributed by atoms with Crippen LogP contribution in [0.4, 0.5) is 0 Å². The van der Waals surface area contributed by atoms with Gasteiger partial charge in [0, 0.05) is 51.7 Å². The summed E-state index contributed by atoms with van der Waals surface area (Å²) in [6.07, 6.45) is 3.70. The molecule has 1 aromatic rings. The van der Waals surface area contributed by atoms with Crippen LogP contribution in [0.15, 0.2) is 24.3 Å². The molecule has 0 aromatic heterocycles. The lowest BCUT2D eigenvalue weighted by Crippen LogP contribution is -2.49. The molecule has 2 heterocycles. The first-order valence-corrected chi connectivity index (χ1v) is 9.06. The minimum Gasteiger partial charge on any atom is -0.341 e. The number of rotatable bonds is 5. The maximum atomic E-state index is 12.5. The van der Waals surface area contributed by atoms with E-state index in [-0.39, 0.29) is 12.4 Å². The molecular formula is C19H30ClN3O. The third kappa shape index (κ3) is 4.95. The van der Waals surface area contributed by atoms with Crippen LogP contribution in [0.3, 0.4) is 0 Å². The first-order chi connectivity index (χ1) is 11.3. The number of aryl methyl sites for hydroxylation is 2. The van der Waals surface area contributed by atoms with E-state index >= 15 is 0 Å². The molecule has 3 rings (SSSR count). The summed E-state index contributed by atoms with van der Waals surface area (Å²) in [6, 6.07) is 9.26. The highest BCUT2D eigenvalue weighted by molar-refractivity contribution is 5.85. The monoisotopic (exact) mass is 351 g/mol. The van der Waals surface area contributed by atoms with Crippen molar-refractivity contribution in [2.75, 3.05) is 39.3 Å². The fraction of sp³-hybridized carbons (Fsp3) is 0.632. The molecule has 0 radical (unpaired) electrons. The largest absolute Gasteiger partial charge is 0.341 e. The molecule has 2 aliphatic rings. The van der Waals surface area contributed by atoms with Crippen molar-refractivity contribution in [2.45, 2.75) is 38.6 Å². The van der Waals surface area contributed by atoms with Crippen LogP contribution in [0, 0.1) is 0 Å². The van der Waals surface area contributed by atoms with Crippen LogP contribution < -0.4 is 5.32 Å². The Balaban J connectivity index is 0.00000208. The summed E-state index contributed by atoms with van der Waals surface area (Å²) in [5.41, 5.74) is 2.63. The lowest BCUT2D eigenvalue weighted by atomic mass is 10.1. The van der Waals surface area contributed by atoms with Crippen molar-refractivity contribution < 1.29 is 4.79 Å². The SMILES string of the molecule is CCc1ccc(CCC(=O)N2CCC(N3CCNCC3)C2)cc1.Cl. The third-order valence-corrected chi connectivity index (χ3v) is 5.24. The fourth-order valence-electron chi connectivity index (χ4n) is 3.66. The van der Waals surface area contributed by atoms with E-state index in [2.05, 4.69) is 46.3 Å². The zero-order chi connectivity index (χ0) is 16.1. The van der Waals surface area contributed by atoms with Gasteiger partial charge in [-0.15, -0.1) is 12.4 Å². The van der Waals surface area contributed by atoms with Gasteiger partial charge in [0.1, 0.15) is 0 Å². The Bertz CT molecular complexity index is 514. The predicted molar refractivity (Wildman–Crippen MR) is 101 cm³/mol. The van der Waals surface area contributed by atoms with E-state index in [1.54, 1.807) is 0 Å². The van der Waals surface area contributed by atoms with Crippen LogP contribution in [-0.4, -0.2) is 61.0 Å². The zero-order valence-corrected chi connectivity index (χ0v) is 15.5. The average molecular weight is 352 g/mol. The highest BCUT2D eigenvalue weighted by Crippen LogP contribution is 2.18. The first-order valence-electron chi connectivity index (χ1n) is 9.06. The van der Waals surface area contributed by atoms with E-state index in [4.69, 9.17) is 0 Å². The Morgan fingerprint density at radius 1 is 1.12 bits per heavy atom. The number of nitrogens with one attached hydrogen (secondary N) is 1. The minimum absolute atomic E-state index is 0. The predicted octanol–water partition coefficient (Wildman–Crippen LogP) is 2.11. The second-order valence-corrected chi connectivity index (χ2v) is 6.74. The number of nitrogens with zero attached hydrogens (tertiary/aromatic N) is 2. The molecule has 5 heteroatoms. The number of halogens is 1. The number of carbonyl (C=O) groups is 1. The molecule has 24 heavy (non-hydrogen) atoms. The lowest BCUT2D eigenvalue weighted by Gasteiger charge is -2.32. The van der Waals surface area contributed by atoms with Gasteiger partial charge in [-0.1, -0.05) is 31.2 Å².